The Morgan fingerprint density at radius 2 is 2.09 bits per heavy atom. The van der Waals surface area contributed by atoms with Crippen molar-refractivity contribution in [2.75, 3.05) is 0 Å². The normalized spacial score (nSPS) is 11.1. The van der Waals surface area contributed by atoms with Crippen LogP contribution in [0.1, 0.15) is 16.1 Å². The van der Waals surface area contributed by atoms with Gasteiger partial charge in [-0.1, -0.05) is 0 Å². The van der Waals surface area contributed by atoms with E-state index in [2.05, 4.69) is 10.5 Å². The number of phenolic OH excluding ortho intramolecular Hbond substituents is 2. The Kier molecular flexibility index (Phi) is 4.72. The first kappa shape index (κ1) is 15.8. The van der Waals surface area contributed by atoms with Gasteiger partial charge in [0, 0.05) is 12.3 Å². The van der Waals surface area contributed by atoms with Crippen LogP contribution in [0.5, 0.6) is 11.5 Å². The molecule has 0 saturated heterocycles. The summed E-state index contributed by atoms with van der Waals surface area (Å²) in [5, 5.41) is 32.7. The number of rotatable bonds is 5. The quantitative estimate of drug-likeness (QED) is 0.438. The number of furan rings is 1. The summed E-state index contributed by atoms with van der Waals surface area (Å²) in [6.07, 6.45) is 4.05. The molecular weight excluding hydrogens is 306 g/mol. The summed E-state index contributed by atoms with van der Waals surface area (Å²) >= 11 is 0. The lowest BCUT2D eigenvalue weighted by atomic mass is 10.2. The topological polar surface area (TPSA) is 138 Å². The highest BCUT2D eigenvalue weighted by molar-refractivity contribution is 5.97. The number of benzene rings is 1. The molecule has 0 aliphatic heterocycles. The number of carbonyl (C=O) groups excluding carboxylic acids is 1. The highest BCUT2D eigenvalue weighted by Crippen LogP contribution is 2.22. The Balaban J connectivity index is 1.92. The molecule has 0 unspecified atom stereocenters. The van der Waals surface area contributed by atoms with Crippen LogP contribution in [-0.4, -0.2) is 27.3 Å². The minimum Gasteiger partial charge on any atom is -0.508 e. The zero-order valence-corrected chi connectivity index (χ0v) is 11.5. The van der Waals surface area contributed by atoms with Crippen LogP contribution in [0, 0.1) is 10.1 Å². The Morgan fingerprint density at radius 1 is 1.30 bits per heavy atom. The lowest BCUT2D eigenvalue weighted by Gasteiger charge is -2.02. The molecule has 0 spiro atoms. The van der Waals surface area contributed by atoms with Crippen molar-refractivity contribution in [1.82, 2.24) is 5.43 Å². The van der Waals surface area contributed by atoms with E-state index < -0.39 is 10.8 Å². The zero-order valence-electron chi connectivity index (χ0n) is 11.5. The van der Waals surface area contributed by atoms with Crippen molar-refractivity contribution in [1.29, 1.82) is 0 Å². The zero-order chi connectivity index (χ0) is 16.8. The smallest absolute Gasteiger partial charge is 0.433 e. The van der Waals surface area contributed by atoms with E-state index in [1.807, 2.05) is 0 Å². The summed E-state index contributed by atoms with van der Waals surface area (Å²) in [4.78, 5) is 21.5. The van der Waals surface area contributed by atoms with Crippen molar-refractivity contribution < 1.29 is 24.3 Å². The van der Waals surface area contributed by atoms with Gasteiger partial charge in [-0.05, 0) is 30.4 Å². The molecule has 0 fully saturated rings. The van der Waals surface area contributed by atoms with E-state index in [9.17, 15) is 20.0 Å². The molecule has 1 aromatic carbocycles. The van der Waals surface area contributed by atoms with Crippen LogP contribution in [0.15, 0.2) is 45.9 Å². The second-order valence-electron chi connectivity index (χ2n) is 4.21. The van der Waals surface area contributed by atoms with Crippen molar-refractivity contribution in [3.05, 3.63) is 57.8 Å². The Hall–Kier alpha value is -3.62. The Bertz CT molecular complexity index is 794. The number of hydrogen-bond acceptors (Lipinski definition) is 7. The van der Waals surface area contributed by atoms with E-state index in [-0.39, 0.29) is 28.7 Å². The van der Waals surface area contributed by atoms with E-state index in [4.69, 9.17) is 9.52 Å². The number of nitrogens with zero attached hydrogens (tertiary/aromatic N) is 2. The number of nitro groups is 1. The fourth-order valence-electron chi connectivity index (χ4n) is 1.58. The number of carbonyl (C=O) groups is 1. The average Bonchev–Trinajstić information content (AvgIpc) is 2.95. The van der Waals surface area contributed by atoms with Crippen molar-refractivity contribution >= 4 is 24.1 Å². The summed E-state index contributed by atoms with van der Waals surface area (Å²) in [5.74, 6) is -1.33. The van der Waals surface area contributed by atoms with E-state index in [1.54, 1.807) is 0 Å². The first-order valence-corrected chi connectivity index (χ1v) is 6.23. The van der Waals surface area contributed by atoms with Crippen LogP contribution in [0.3, 0.4) is 0 Å². The molecular formula is C14H11N3O6. The van der Waals surface area contributed by atoms with E-state index in [0.717, 1.165) is 6.07 Å². The molecule has 0 aliphatic carbocycles. The maximum atomic E-state index is 11.7. The van der Waals surface area contributed by atoms with Crippen LogP contribution in [-0.2, 0) is 0 Å². The van der Waals surface area contributed by atoms with Crippen LogP contribution < -0.4 is 5.43 Å². The molecule has 2 aromatic rings. The first-order valence-electron chi connectivity index (χ1n) is 6.23. The number of phenols is 2. The summed E-state index contributed by atoms with van der Waals surface area (Å²) in [6, 6.07) is 6.15. The fourth-order valence-corrected chi connectivity index (χ4v) is 1.58. The second-order valence-corrected chi connectivity index (χ2v) is 4.21. The molecule has 0 atom stereocenters. The number of hydrazone groups is 1. The third-order valence-electron chi connectivity index (χ3n) is 2.61. The van der Waals surface area contributed by atoms with Gasteiger partial charge in [0.1, 0.15) is 22.2 Å². The summed E-state index contributed by atoms with van der Waals surface area (Å²) in [7, 11) is 0. The van der Waals surface area contributed by atoms with Gasteiger partial charge in [-0.2, -0.15) is 5.10 Å². The van der Waals surface area contributed by atoms with Gasteiger partial charge < -0.3 is 14.6 Å². The molecule has 118 valence electrons. The van der Waals surface area contributed by atoms with Gasteiger partial charge in [0.25, 0.3) is 5.91 Å². The lowest BCUT2D eigenvalue weighted by molar-refractivity contribution is -0.402. The van der Waals surface area contributed by atoms with Gasteiger partial charge in [0.05, 0.1) is 11.6 Å². The molecule has 2 rings (SSSR count). The van der Waals surface area contributed by atoms with E-state index in [0.29, 0.717) is 0 Å². The third kappa shape index (κ3) is 4.17. The minimum absolute atomic E-state index is 0.0504. The van der Waals surface area contributed by atoms with Crippen LogP contribution in [0.25, 0.3) is 6.08 Å². The number of hydrogen-bond donors (Lipinski definition) is 3. The monoisotopic (exact) mass is 317 g/mol. The predicted molar refractivity (Wildman–Crippen MR) is 80.1 cm³/mol. The largest absolute Gasteiger partial charge is 0.508 e. The standard InChI is InChI=1S/C14H11N3O6/c18-9-3-5-11(12(19)8-9)14(20)16-15-7-1-2-10-4-6-13(23-10)17(21)22/h1-8,18-19H,(H,16,20)/b2-1+,15-7+. The number of allylic oxidation sites excluding steroid dienone is 1. The van der Waals surface area contributed by atoms with Crippen LogP contribution in [0.2, 0.25) is 0 Å². The summed E-state index contributed by atoms with van der Waals surface area (Å²) < 4.78 is 4.88. The van der Waals surface area contributed by atoms with Gasteiger partial charge in [-0.25, -0.2) is 5.43 Å². The van der Waals surface area contributed by atoms with Crippen LogP contribution in [0.4, 0.5) is 5.88 Å². The number of aromatic hydroxyl groups is 2. The maximum absolute atomic E-state index is 11.7. The Labute approximate surface area is 129 Å². The summed E-state index contributed by atoms with van der Waals surface area (Å²) in [5.41, 5.74) is 2.12. The summed E-state index contributed by atoms with van der Waals surface area (Å²) in [6.45, 7) is 0. The van der Waals surface area contributed by atoms with Crippen molar-refractivity contribution in [2.45, 2.75) is 0 Å². The predicted octanol–water partition coefficient (Wildman–Crippen LogP) is 2.03. The van der Waals surface area contributed by atoms with E-state index >= 15 is 0 Å². The molecule has 0 radical (unpaired) electrons. The maximum Gasteiger partial charge on any atom is 0.433 e. The van der Waals surface area contributed by atoms with Gasteiger partial charge >= 0.3 is 5.88 Å². The molecule has 9 nitrogen and oxygen atoms in total. The lowest BCUT2D eigenvalue weighted by Crippen LogP contribution is -2.17. The number of amides is 1. The van der Waals surface area contributed by atoms with Gasteiger partial charge in [-0.15, -0.1) is 0 Å². The molecule has 0 bridgehead atoms. The first-order chi connectivity index (χ1) is 11.0. The van der Waals surface area contributed by atoms with Crippen molar-refractivity contribution in [3.63, 3.8) is 0 Å². The fraction of sp³-hybridized carbons (Fsp3) is 0. The highest BCUT2D eigenvalue weighted by Gasteiger charge is 2.11. The van der Waals surface area contributed by atoms with Crippen molar-refractivity contribution in [3.8, 4) is 11.5 Å². The van der Waals surface area contributed by atoms with Gasteiger partial charge in [-0.3, -0.25) is 14.9 Å². The third-order valence-corrected chi connectivity index (χ3v) is 2.61. The molecule has 0 saturated carbocycles. The molecule has 23 heavy (non-hydrogen) atoms. The van der Waals surface area contributed by atoms with Crippen molar-refractivity contribution in [2.24, 2.45) is 5.10 Å². The number of nitrogens with one attached hydrogen (secondary N) is 1. The van der Waals surface area contributed by atoms with Crippen LogP contribution >= 0.6 is 0 Å². The highest BCUT2D eigenvalue weighted by atomic mass is 16.6. The van der Waals surface area contributed by atoms with E-state index in [1.165, 1.54) is 42.6 Å². The van der Waals surface area contributed by atoms with Gasteiger partial charge in [0.15, 0.2) is 0 Å². The Morgan fingerprint density at radius 3 is 2.74 bits per heavy atom. The minimum atomic E-state index is -0.666. The molecule has 1 aromatic heterocycles. The average molecular weight is 317 g/mol. The molecule has 1 heterocycles. The molecule has 0 aliphatic rings. The molecule has 9 heteroatoms. The SMILES string of the molecule is O=C(N/N=C/C=C/c1ccc([N+](=O)[O-])o1)c1ccc(O)cc1O. The molecule has 3 N–H and O–H groups in total. The second kappa shape index (κ2) is 6.89. The van der Waals surface area contributed by atoms with Gasteiger partial charge in [0.2, 0.25) is 0 Å². The molecule has 1 amide bonds.